The fourth-order valence-electron chi connectivity index (χ4n) is 5.48. The van der Waals surface area contributed by atoms with Crippen molar-refractivity contribution in [2.75, 3.05) is 13.1 Å². The molecule has 0 bridgehead atoms. The number of carbonyl (C=O) groups is 2. The van der Waals surface area contributed by atoms with Crippen molar-refractivity contribution >= 4 is 11.8 Å². The monoisotopic (exact) mass is 517 g/mol. The summed E-state index contributed by atoms with van der Waals surface area (Å²) >= 11 is 0. The third-order valence-corrected chi connectivity index (χ3v) is 7.50. The molecule has 2 aromatic rings. The lowest BCUT2D eigenvalue weighted by atomic mass is 9.72. The standard InChI is InChI=1S/C28H34F3N3O3/c29-28(30,31)37-24-8-4-5-21(17-24)19-33-25(35)18-20-9-11-23(12-10-20)34-26(36)27(13-15-32-16-14-27)22-6-2-1-3-7-22/h1-8,17,20,23,32H,9-16,18-19H2,(H,33,35)(H,34,36)/t20-,23+. The molecule has 1 heterocycles. The summed E-state index contributed by atoms with van der Waals surface area (Å²) < 4.78 is 41.2. The predicted octanol–water partition coefficient (Wildman–Crippen LogP) is 4.59. The number of hydrogen-bond donors (Lipinski definition) is 3. The van der Waals surface area contributed by atoms with Crippen LogP contribution in [0, 0.1) is 5.92 Å². The molecular weight excluding hydrogens is 483 g/mol. The molecule has 2 aliphatic rings. The van der Waals surface area contributed by atoms with E-state index in [0.29, 0.717) is 12.0 Å². The van der Waals surface area contributed by atoms with Crippen LogP contribution < -0.4 is 20.7 Å². The maximum atomic E-state index is 13.5. The van der Waals surface area contributed by atoms with Crippen LogP contribution in [0.1, 0.15) is 56.1 Å². The van der Waals surface area contributed by atoms with Crippen molar-refractivity contribution in [2.45, 2.75) is 69.3 Å². The first-order valence-electron chi connectivity index (χ1n) is 12.9. The fraction of sp³-hybridized carbons (Fsp3) is 0.500. The lowest BCUT2D eigenvalue weighted by Crippen LogP contribution is -2.53. The number of piperidine rings is 1. The summed E-state index contributed by atoms with van der Waals surface area (Å²) in [5, 5.41) is 9.46. The summed E-state index contributed by atoms with van der Waals surface area (Å²) in [5.41, 5.74) is 1.09. The lowest BCUT2D eigenvalue weighted by Gasteiger charge is -2.39. The molecule has 1 saturated heterocycles. The van der Waals surface area contributed by atoms with Gasteiger partial charge in [0.25, 0.3) is 0 Å². The zero-order valence-corrected chi connectivity index (χ0v) is 20.8. The average Bonchev–Trinajstić information content (AvgIpc) is 2.89. The van der Waals surface area contributed by atoms with Gasteiger partial charge in [0, 0.05) is 19.0 Å². The fourth-order valence-corrected chi connectivity index (χ4v) is 5.48. The van der Waals surface area contributed by atoms with Crippen LogP contribution in [-0.4, -0.2) is 37.3 Å². The molecule has 9 heteroatoms. The van der Waals surface area contributed by atoms with E-state index in [1.54, 1.807) is 6.07 Å². The van der Waals surface area contributed by atoms with Gasteiger partial charge in [-0.25, -0.2) is 0 Å². The number of ether oxygens (including phenoxy) is 1. The van der Waals surface area contributed by atoms with Gasteiger partial charge in [0.05, 0.1) is 5.41 Å². The van der Waals surface area contributed by atoms with Gasteiger partial charge in [-0.2, -0.15) is 0 Å². The van der Waals surface area contributed by atoms with E-state index in [2.05, 4.69) is 20.7 Å². The molecule has 2 aromatic carbocycles. The van der Waals surface area contributed by atoms with Crippen LogP contribution in [-0.2, 0) is 21.5 Å². The average molecular weight is 518 g/mol. The second kappa shape index (κ2) is 12.0. The Hall–Kier alpha value is -3.07. The normalized spacial score (nSPS) is 21.6. The third-order valence-electron chi connectivity index (χ3n) is 7.50. The zero-order chi connectivity index (χ0) is 26.3. The number of benzene rings is 2. The van der Waals surface area contributed by atoms with Crippen molar-refractivity contribution in [2.24, 2.45) is 5.92 Å². The van der Waals surface area contributed by atoms with Gasteiger partial charge < -0.3 is 20.7 Å². The number of amides is 2. The molecule has 3 N–H and O–H groups in total. The lowest BCUT2D eigenvalue weighted by molar-refractivity contribution is -0.274. The largest absolute Gasteiger partial charge is 0.573 e. The van der Waals surface area contributed by atoms with E-state index in [0.717, 1.165) is 57.2 Å². The topological polar surface area (TPSA) is 79.5 Å². The Labute approximate surface area is 215 Å². The minimum Gasteiger partial charge on any atom is -0.406 e. The van der Waals surface area contributed by atoms with Crippen LogP contribution in [0.4, 0.5) is 13.2 Å². The Kier molecular flexibility index (Phi) is 8.74. The Morgan fingerprint density at radius 2 is 1.68 bits per heavy atom. The van der Waals surface area contributed by atoms with Crippen LogP contribution in [0.3, 0.4) is 0 Å². The van der Waals surface area contributed by atoms with Crippen LogP contribution >= 0.6 is 0 Å². The Morgan fingerprint density at radius 1 is 0.973 bits per heavy atom. The van der Waals surface area contributed by atoms with Crippen molar-refractivity contribution < 1.29 is 27.5 Å². The van der Waals surface area contributed by atoms with Gasteiger partial charge >= 0.3 is 6.36 Å². The van der Waals surface area contributed by atoms with Gasteiger partial charge in [-0.15, -0.1) is 13.2 Å². The second-order valence-corrected chi connectivity index (χ2v) is 10.1. The van der Waals surface area contributed by atoms with Gasteiger partial charge in [0.15, 0.2) is 0 Å². The number of hydrogen-bond acceptors (Lipinski definition) is 4. The minimum atomic E-state index is -4.75. The summed E-state index contributed by atoms with van der Waals surface area (Å²) in [7, 11) is 0. The van der Waals surface area contributed by atoms with Crippen LogP contribution in [0.25, 0.3) is 0 Å². The summed E-state index contributed by atoms with van der Waals surface area (Å²) in [6, 6.07) is 15.7. The zero-order valence-electron chi connectivity index (χ0n) is 20.8. The van der Waals surface area contributed by atoms with Crippen LogP contribution in [0.2, 0.25) is 0 Å². The number of nitrogens with one attached hydrogen (secondary N) is 3. The molecule has 0 unspecified atom stereocenters. The maximum absolute atomic E-state index is 13.5. The van der Waals surface area contributed by atoms with E-state index in [1.807, 2.05) is 30.3 Å². The maximum Gasteiger partial charge on any atom is 0.573 e. The highest BCUT2D eigenvalue weighted by Crippen LogP contribution is 2.35. The van der Waals surface area contributed by atoms with Gasteiger partial charge in [0.1, 0.15) is 5.75 Å². The van der Waals surface area contributed by atoms with Crippen LogP contribution in [0.5, 0.6) is 5.75 Å². The molecule has 37 heavy (non-hydrogen) atoms. The number of halogens is 3. The van der Waals surface area contributed by atoms with E-state index < -0.39 is 11.8 Å². The van der Waals surface area contributed by atoms with Gasteiger partial charge in [-0.1, -0.05) is 42.5 Å². The van der Waals surface area contributed by atoms with E-state index in [9.17, 15) is 22.8 Å². The molecule has 1 aliphatic heterocycles. The van der Waals surface area contributed by atoms with Crippen molar-refractivity contribution in [3.63, 3.8) is 0 Å². The van der Waals surface area contributed by atoms with Gasteiger partial charge in [-0.3, -0.25) is 9.59 Å². The van der Waals surface area contributed by atoms with E-state index >= 15 is 0 Å². The van der Waals surface area contributed by atoms with Gasteiger partial charge in [-0.05, 0) is 80.8 Å². The highest BCUT2D eigenvalue weighted by Gasteiger charge is 2.42. The van der Waals surface area contributed by atoms with Crippen molar-refractivity contribution in [3.8, 4) is 5.75 Å². The highest BCUT2D eigenvalue weighted by molar-refractivity contribution is 5.88. The van der Waals surface area contributed by atoms with E-state index in [-0.39, 0.29) is 36.1 Å². The SMILES string of the molecule is O=C(C[C@H]1CC[C@@H](NC(=O)C2(c3ccccc3)CCNCC2)CC1)NCc1cccc(OC(F)(F)F)c1. The first-order chi connectivity index (χ1) is 17.7. The quantitative estimate of drug-likeness (QED) is 0.479. The molecule has 1 saturated carbocycles. The molecule has 0 spiro atoms. The van der Waals surface area contributed by atoms with Crippen molar-refractivity contribution in [3.05, 3.63) is 65.7 Å². The Balaban J connectivity index is 1.23. The Morgan fingerprint density at radius 3 is 2.35 bits per heavy atom. The molecule has 0 atom stereocenters. The van der Waals surface area contributed by atoms with E-state index in [4.69, 9.17) is 0 Å². The van der Waals surface area contributed by atoms with Crippen molar-refractivity contribution in [1.82, 2.24) is 16.0 Å². The molecule has 2 fully saturated rings. The number of alkyl halides is 3. The first-order valence-corrected chi connectivity index (χ1v) is 12.9. The smallest absolute Gasteiger partial charge is 0.406 e. The highest BCUT2D eigenvalue weighted by atomic mass is 19.4. The molecule has 4 rings (SSSR count). The molecule has 2 amide bonds. The van der Waals surface area contributed by atoms with Gasteiger partial charge in [0.2, 0.25) is 11.8 Å². The van der Waals surface area contributed by atoms with E-state index in [1.165, 1.54) is 18.2 Å². The molecule has 200 valence electrons. The predicted molar refractivity (Wildman–Crippen MR) is 134 cm³/mol. The molecule has 0 radical (unpaired) electrons. The molecule has 0 aromatic heterocycles. The minimum absolute atomic E-state index is 0.0955. The van der Waals surface area contributed by atoms with Crippen LogP contribution in [0.15, 0.2) is 54.6 Å². The summed E-state index contributed by atoms with van der Waals surface area (Å²) in [5.74, 6) is -0.126. The number of carbonyl (C=O) groups excluding carboxylic acids is 2. The second-order valence-electron chi connectivity index (χ2n) is 10.1. The number of rotatable bonds is 8. The molecular formula is C28H34F3N3O3. The summed E-state index contributed by atoms with van der Waals surface area (Å²) in [6.45, 7) is 1.75. The third kappa shape index (κ3) is 7.47. The summed E-state index contributed by atoms with van der Waals surface area (Å²) in [4.78, 5) is 26.0. The molecule has 1 aliphatic carbocycles. The first kappa shape index (κ1) is 27.0. The Bertz CT molecular complexity index is 1050. The van der Waals surface area contributed by atoms with Crippen molar-refractivity contribution in [1.29, 1.82) is 0 Å². The summed E-state index contributed by atoms with van der Waals surface area (Å²) in [6.07, 6.45) is 0.468. The molecule has 6 nitrogen and oxygen atoms in total.